The molecule has 0 aliphatic rings. The van der Waals surface area contributed by atoms with Crippen molar-refractivity contribution < 1.29 is 24.0 Å². The van der Waals surface area contributed by atoms with Crippen LogP contribution in [0.25, 0.3) is 0 Å². The number of carbonyl (C=O) groups is 2. The number of nitriles is 1. The minimum absolute atomic E-state index is 0.0686. The molecule has 0 radical (unpaired) electrons. The van der Waals surface area contributed by atoms with Gasteiger partial charge in [-0.05, 0) is 24.3 Å². The molecule has 0 atom stereocenters. The van der Waals surface area contributed by atoms with Crippen molar-refractivity contribution in [3.05, 3.63) is 62.1 Å². The lowest BCUT2D eigenvalue weighted by Crippen LogP contribution is -2.16. The Bertz CT molecular complexity index is 941. The van der Waals surface area contributed by atoms with E-state index >= 15 is 0 Å². The number of nitro groups is 1. The highest BCUT2D eigenvalue weighted by molar-refractivity contribution is 6.34. The molecule has 1 N–H and O–H groups in total. The van der Waals surface area contributed by atoms with E-state index in [1.165, 1.54) is 24.3 Å². The van der Waals surface area contributed by atoms with Crippen LogP contribution in [-0.2, 0) is 4.74 Å². The Labute approximate surface area is 155 Å². The molecule has 9 nitrogen and oxygen atoms in total. The first-order valence-electron chi connectivity index (χ1n) is 6.64. The number of hydrogen-bond acceptors (Lipinski definition) is 7. The van der Waals surface area contributed by atoms with Crippen molar-refractivity contribution in [2.45, 2.75) is 0 Å². The monoisotopic (exact) mass is 395 g/mol. The quantitative estimate of drug-likeness (QED) is 0.270. The number of rotatable bonds is 4. The van der Waals surface area contributed by atoms with Crippen molar-refractivity contribution in [2.75, 3.05) is 5.32 Å². The number of amides is 1. The molecule has 0 aromatic heterocycles. The number of hydrogen-bond donors (Lipinski definition) is 1. The van der Waals surface area contributed by atoms with Gasteiger partial charge < -0.3 is 14.8 Å². The molecule has 132 valence electrons. The lowest BCUT2D eigenvalue weighted by atomic mass is 10.1. The Morgan fingerprint density at radius 1 is 1.19 bits per heavy atom. The summed E-state index contributed by atoms with van der Waals surface area (Å²) in [5.41, 5.74) is -0.311. The zero-order chi connectivity index (χ0) is 19.3. The molecule has 2 rings (SSSR count). The number of nitrogens with one attached hydrogen (secondary N) is 1. The molecule has 0 spiro atoms. The van der Waals surface area contributed by atoms with Gasteiger partial charge in [0.2, 0.25) is 0 Å². The fourth-order valence-electron chi connectivity index (χ4n) is 1.83. The summed E-state index contributed by atoms with van der Waals surface area (Å²) in [6, 6.07) is 7.26. The average Bonchev–Trinajstić information content (AvgIpc) is 2.58. The van der Waals surface area contributed by atoms with Gasteiger partial charge in [-0.1, -0.05) is 23.2 Å². The highest BCUT2D eigenvalue weighted by atomic mass is 35.5. The molecule has 0 saturated carbocycles. The number of anilines is 1. The Balaban J connectivity index is 2.29. The van der Waals surface area contributed by atoms with Crippen LogP contribution < -0.4 is 10.1 Å². The topological polar surface area (TPSA) is 132 Å². The second-order valence-corrected chi connectivity index (χ2v) is 5.40. The number of nitrogens with zero attached hydrogens (tertiary/aromatic N) is 2. The summed E-state index contributed by atoms with van der Waals surface area (Å²) >= 11 is 11.8. The largest absolute Gasteiger partial charge is 0.529 e. The zero-order valence-electron chi connectivity index (χ0n) is 12.6. The highest BCUT2D eigenvalue weighted by Gasteiger charge is 2.19. The molecule has 0 unspecified atom stereocenters. The molecule has 0 bridgehead atoms. The minimum Gasteiger partial charge on any atom is -0.393 e. The number of non-ortho nitro benzene ring substituents is 1. The van der Waals surface area contributed by atoms with E-state index in [9.17, 15) is 19.7 Å². The van der Waals surface area contributed by atoms with E-state index in [-0.39, 0.29) is 32.7 Å². The normalized spacial score (nSPS) is 9.73. The predicted molar refractivity (Wildman–Crippen MR) is 90.2 cm³/mol. The molecule has 0 heterocycles. The van der Waals surface area contributed by atoms with Crippen LogP contribution in [-0.4, -0.2) is 17.0 Å². The van der Waals surface area contributed by atoms with Crippen LogP contribution >= 0.6 is 23.2 Å². The summed E-state index contributed by atoms with van der Waals surface area (Å²) in [6.45, 7) is 0. The molecule has 11 heteroatoms. The van der Waals surface area contributed by atoms with Gasteiger partial charge in [0.05, 0.1) is 21.2 Å². The Hall–Kier alpha value is -3.35. The second-order valence-electron chi connectivity index (χ2n) is 4.56. The average molecular weight is 396 g/mol. The van der Waals surface area contributed by atoms with Gasteiger partial charge in [-0.3, -0.25) is 14.9 Å². The number of ether oxygens (including phenoxy) is 2. The summed E-state index contributed by atoms with van der Waals surface area (Å²) < 4.78 is 8.73. The van der Waals surface area contributed by atoms with Gasteiger partial charge in [-0.15, -0.1) is 5.26 Å². The summed E-state index contributed by atoms with van der Waals surface area (Å²) in [5.74, 6) is -0.979. The molecule has 0 saturated heterocycles. The van der Waals surface area contributed by atoms with Crippen molar-refractivity contribution in [3.8, 4) is 12.0 Å². The summed E-state index contributed by atoms with van der Waals surface area (Å²) in [6.07, 6.45) is -0.200. The van der Waals surface area contributed by atoms with Crippen molar-refractivity contribution >= 4 is 46.6 Å². The van der Waals surface area contributed by atoms with Gasteiger partial charge in [-0.2, -0.15) is 0 Å². The van der Waals surface area contributed by atoms with E-state index in [0.29, 0.717) is 0 Å². The number of halogens is 2. The lowest BCUT2D eigenvalue weighted by molar-refractivity contribution is -0.384. The van der Waals surface area contributed by atoms with Gasteiger partial charge >= 0.3 is 6.16 Å². The molecular weight excluding hydrogens is 389 g/mol. The third-order valence-corrected chi connectivity index (χ3v) is 3.47. The third-order valence-electron chi connectivity index (χ3n) is 2.92. The summed E-state index contributed by atoms with van der Waals surface area (Å²) in [5, 5.41) is 21.5. The first-order valence-corrected chi connectivity index (χ1v) is 7.40. The maximum absolute atomic E-state index is 12.4. The van der Waals surface area contributed by atoms with E-state index in [0.717, 1.165) is 18.4 Å². The SMILES string of the molecule is N#COC(=O)Oc1ccc(Cl)cc1C(=O)Nc1ccc([N+](=O)[O-])cc1Cl. The third kappa shape index (κ3) is 4.60. The predicted octanol–water partition coefficient (Wildman–Crippen LogP) is 4.15. The number of benzene rings is 2. The van der Waals surface area contributed by atoms with Crippen molar-refractivity contribution in [1.82, 2.24) is 0 Å². The maximum atomic E-state index is 12.4. The standard InChI is InChI=1S/C15H7Cl2N3O6/c16-8-1-4-13(26-15(22)25-7-18)10(5-8)14(21)19-12-3-2-9(20(23)24)6-11(12)17/h1-6H,(H,19,21). The van der Waals surface area contributed by atoms with E-state index in [1.807, 2.05) is 0 Å². The second kappa shape index (κ2) is 8.15. The van der Waals surface area contributed by atoms with Crippen LogP contribution in [0.3, 0.4) is 0 Å². The van der Waals surface area contributed by atoms with E-state index in [4.69, 9.17) is 33.2 Å². The number of carbonyl (C=O) groups excluding carboxylic acids is 2. The van der Waals surface area contributed by atoms with Gasteiger partial charge in [-0.25, -0.2) is 4.79 Å². The smallest absolute Gasteiger partial charge is 0.393 e. The minimum atomic E-state index is -1.34. The summed E-state index contributed by atoms with van der Waals surface area (Å²) in [4.78, 5) is 33.8. The molecule has 26 heavy (non-hydrogen) atoms. The van der Waals surface area contributed by atoms with Crippen molar-refractivity contribution in [3.63, 3.8) is 0 Å². The molecule has 0 aliphatic carbocycles. The first-order chi connectivity index (χ1) is 12.3. The lowest BCUT2D eigenvalue weighted by Gasteiger charge is -2.11. The Morgan fingerprint density at radius 3 is 2.54 bits per heavy atom. The van der Waals surface area contributed by atoms with E-state index in [2.05, 4.69) is 10.1 Å². The van der Waals surface area contributed by atoms with Gasteiger partial charge in [0.25, 0.3) is 17.8 Å². The van der Waals surface area contributed by atoms with Crippen molar-refractivity contribution in [2.24, 2.45) is 0 Å². The van der Waals surface area contributed by atoms with Crippen LogP contribution in [0.1, 0.15) is 10.4 Å². The fourth-order valence-corrected chi connectivity index (χ4v) is 2.22. The molecule has 1 amide bonds. The molecule has 0 aliphatic heterocycles. The first kappa shape index (κ1) is 19.0. The summed E-state index contributed by atoms with van der Waals surface area (Å²) in [7, 11) is 0. The van der Waals surface area contributed by atoms with Crippen LogP contribution in [0.2, 0.25) is 10.0 Å². The van der Waals surface area contributed by atoms with E-state index < -0.39 is 17.0 Å². The Kier molecular flexibility index (Phi) is 5.95. The number of nitro benzene ring substituents is 1. The highest BCUT2D eigenvalue weighted by Crippen LogP contribution is 2.29. The zero-order valence-corrected chi connectivity index (χ0v) is 14.1. The molecule has 2 aromatic rings. The van der Waals surface area contributed by atoms with Crippen LogP contribution in [0.4, 0.5) is 16.2 Å². The molecular formula is C15H7Cl2N3O6. The molecule has 2 aromatic carbocycles. The maximum Gasteiger partial charge on any atom is 0.529 e. The van der Waals surface area contributed by atoms with Gasteiger partial charge in [0, 0.05) is 17.2 Å². The van der Waals surface area contributed by atoms with Crippen LogP contribution in [0, 0.1) is 21.6 Å². The van der Waals surface area contributed by atoms with Crippen LogP contribution in [0.5, 0.6) is 5.75 Å². The fraction of sp³-hybridized carbons (Fsp3) is 0. The van der Waals surface area contributed by atoms with Gasteiger partial charge in [0.15, 0.2) is 0 Å². The van der Waals surface area contributed by atoms with Crippen LogP contribution in [0.15, 0.2) is 36.4 Å². The van der Waals surface area contributed by atoms with E-state index in [1.54, 1.807) is 0 Å². The Morgan fingerprint density at radius 2 is 1.92 bits per heavy atom. The van der Waals surface area contributed by atoms with Crippen molar-refractivity contribution in [1.29, 1.82) is 5.26 Å². The molecule has 0 fully saturated rings. The van der Waals surface area contributed by atoms with Gasteiger partial charge in [0.1, 0.15) is 5.75 Å².